The standard InChI is InChI=1S/C18H23N3/c1-7-9-16(8-2)10-12(3)20-18-14(5)13(4)17(11-19)15(6)21-18/h7-9H,3,10H2,1-2,4-6H3,(H,20,21)/b9-7-,16-8+. The highest BCUT2D eigenvalue weighted by molar-refractivity contribution is 5.57. The van der Waals surface area contributed by atoms with E-state index in [9.17, 15) is 0 Å². The van der Waals surface area contributed by atoms with Crippen molar-refractivity contribution in [2.24, 2.45) is 0 Å². The number of anilines is 1. The van der Waals surface area contributed by atoms with Crippen LogP contribution in [0.1, 0.15) is 42.7 Å². The number of allylic oxidation sites excluding steroid dienone is 4. The molecule has 0 aliphatic heterocycles. The summed E-state index contributed by atoms with van der Waals surface area (Å²) < 4.78 is 0. The highest BCUT2D eigenvalue weighted by Gasteiger charge is 2.12. The highest BCUT2D eigenvalue weighted by Crippen LogP contribution is 2.24. The van der Waals surface area contributed by atoms with E-state index in [1.54, 1.807) is 0 Å². The zero-order valence-electron chi connectivity index (χ0n) is 13.5. The van der Waals surface area contributed by atoms with Gasteiger partial charge in [0.2, 0.25) is 0 Å². The number of pyridine rings is 1. The molecule has 0 amide bonds. The van der Waals surface area contributed by atoms with Crippen LogP contribution in [-0.4, -0.2) is 4.98 Å². The van der Waals surface area contributed by atoms with Crippen LogP contribution < -0.4 is 5.32 Å². The van der Waals surface area contributed by atoms with Crippen molar-refractivity contribution in [3.8, 4) is 6.07 Å². The lowest BCUT2D eigenvalue weighted by atomic mass is 10.0. The molecule has 0 bridgehead atoms. The molecule has 1 N–H and O–H groups in total. The fraction of sp³-hybridized carbons (Fsp3) is 0.333. The van der Waals surface area contributed by atoms with Crippen molar-refractivity contribution in [2.45, 2.75) is 41.0 Å². The van der Waals surface area contributed by atoms with E-state index in [0.29, 0.717) is 5.56 Å². The van der Waals surface area contributed by atoms with Gasteiger partial charge in [0, 0.05) is 12.1 Å². The summed E-state index contributed by atoms with van der Waals surface area (Å²) in [5.41, 5.74) is 5.46. The van der Waals surface area contributed by atoms with Gasteiger partial charge < -0.3 is 5.32 Å². The molecule has 0 saturated carbocycles. The Morgan fingerprint density at radius 1 is 1.29 bits per heavy atom. The molecule has 3 nitrogen and oxygen atoms in total. The fourth-order valence-corrected chi connectivity index (χ4v) is 2.16. The number of rotatable bonds is 5. The summed E-state index contributed by atoms with van der Waals surface area (Å²) in [6, 6.07) is 2.21. The summed E-state index contributed by atoms with van der Waals surface area (Å²) >= 11 is 0. The molecule has 110 valence electrons. The number of hydrogen-bond acceptors (Lipinski definition) is 3. The second-order valence-electron chi connectivity index (χ2n) is 5.05. The van der Waals surface area contributed by atoms with E-state index >= 15 is 0 Å². The van der Waals surface area contributed by atoms with E-state index in [-0.39, 0.29) is 0 Å². The first-order chi connectivity index (χ1) is 9.94. The van der Waals surface area contributed by atoms with Crippen LogP contribution in [0.2, 0.25) is 0 Å². The third kappa shape index (κ3) is 4.06. The maximum atomic E-state index is 9.16. The van der Waals surface area contributed by atoms with E-state index in [0.717, 1.165) is 34.8 Å². The van der Waals surface area contributed by atoms with Gasteiger partial charge in [0.25, 0.3) is 0 Å². The minimum atomic E-state index is 0.659. The highest BCUT2D eigenvalue weighted by atomic mass is 15.0. The van der Waals surface area contributed by atoms with E-state index in [2.05, 4.69) is 35.1 Å². The van der Waals surface area contributed by atoms with Crippen LogP contribution in [0.25, 0.3) is 0 Å². The third-order valence-corrected chi connectivity index (χ3v) is 3.51. The van der Waals surface area contributed by atoms with Crippen LogP contribution in [-0.2, 0) is 0 Å². The predicted octanol–water partition coefficient (Wildman–Crippen LogP) is 4.72. The molecule has 0 aliphatic rings. The Labute approximate surface area is 127 Å². The number of hydrogen-bond donors (Lipinski definition) is 1. The van der Waals surface area contributed by atoms with Crippen LogP contribution in [0.3, 0.4) is 0 Å². The Morgan fingerprint density at radius 2 is 1.95 bits per heavy atom. The molecule has 1 heterocycles. The summed E-state index contributed by atoms with van der Waals surface area (Å²) in [5.74, 6) is 0.782. The Bertz CT molecular complexity index is 643. The van der Waals surface area contributed by atoms with Gasteiger partial charge in [0.1, 0.15) is 11.9 Å². The zero-order valence-corrected chi connectivity index (χ0v) is 13.5. The Hall–Kier alpha value is -2.34. The molecule has 0 unspecified atom stereocenters. The van der Waals surface area contributed by atoms with Gasteiger partial charge in [0.15, 0.2) is 0 Å². The second kappa shape index (κ2) is 7.44. The molecule has 0 atom stereocenters. The minimum Gasteiger partial charge on any atom is -0.344 e. The Kier molecular flexibility index (Phi) is 5.92. The summed E-state index contributed by atoms with van der Waals surface area (Å²) in [6.45, 7) is 13.9. The average Bonchev–Trinajstić information content (AvgIpc) is 2.44. The van der Waals surface area contributed by atoms with Crippen molar-refractivity contribution in [1.29, 1.82) is 5.26 Å². The molecule has 1 aromatic heterocycles. The molecular weight excluding hydrogens is 258 g/mol. The fourth-order valence-electron chi connectivity index (χ4n) is 2.16. The summed E-state index contributed by atoms with van der Waals surface area (Å²) in [6.07, 6.45) is 6.91. The quantitative estimate of drug-likeness (QED) is 0.795. The molecule has 0 radical (unpaired) electrons. The van der Waals surface area contributed by atoms with Gasteiger partial charge in [-0.1, -0.05) is 24.8 Å². The van der Waals surface area contributed by atoms with Crippen molar-refractivity contribution in [3.63, 3.8) is 0 Å². The lowest BCUT2D eigenvalue weighted by Gasteiger charge is -2.15. The molecule has 3 heteroatoms. The zero-order chi connectivity index (χ0) is 16.0. The number of nitrogens with one attached hydrogen (secondary N) is 1. The van der Waals surface area contributed by atoms with E-state index < -0.39 is 0 Å². The van der Waals surface area contributed by atoms with Gasteiger partial charge in [-0.3, -0.25) is 0 Å². The van der Waals surface area contributed by atoms with Crippen LogP contribution in [0, 0.1) is 32.1 Å². The number of aryl methyl sites for hydroxylation is 1. The Balaban J connectivity index is 3.00. The van der Waals surface area contributed by atoms with Crippen molar-refractivity contribution in [3.05, 3.63) is 58.5 Å². The topological polar surface area (TPSA) is 48.7 Å². The molecule has 0 aliphatic carbocycles. The Morgan fingerprint density at radius 3 is 2.48 bits per heavy atom. The molecule has 0 fully saturated rings. The first-order valence-electron chi connectivity index (χ1n) is 7.05. The normalized spacial score (nSPS) is 11.5. The van der Waals surface area contributed by atoms with Gasteiger partial charge in [-0.05, 0) is 51.3 Å². The van der Waals surface area contributed by atoms with Gasteiger partial charge in [-0.2, -0.15) is 5.26 Å². The van der Waals surface area contributed by atoms with Crippen molar-refractivity contribution in [2.75, 3.05) is 5.32 Å². The van der Waals surface area contributed by atoms with Crippen LogP contribution in [0.4, 0.5) is 5.82 Å². The predicted molar refractivity (Wildman–Crippen MR) is 89.1 cm³/mol. The van der Waals surface area contributed by atoms with Crippen molar-refractivity contribution >= 4 is 5.82 Å². The second-order valence-corrected chi connectivity index (χ2v) is 5.05. The lowest BCUT2D eigenvalue weighted by Crippen LogP contribution is -2.07. The van der Waals surface area contributed by atoms with Crippen LogP contribution in [0.5, 0.6) is 0 Å². The van der Waals surface area contributed by atoms with E-state index in [1.165, 1.54) is 5.57 Å². The molecule has 1 aromatic rings. The van der Waals surface area contributed by atoms with Gasteiger partial charge >= 0.3 is 0 Å². The monoisotopic (exact) mass is 281 g/mol. The van der Waals surface area contributed by atoms with Crippen molar-refractivity contribution < 1.29 is 0 Å². The third-order valence-electron chi connectivity index (χ3n) is 3.51. The molecule has 1 rings (SSSR count). The lowest BCUT2D eigenvalue weighted by molar-refractivity contribution is 1.08. The minimum absolute atomic E-state index is 0.659. The SMILES string of the molecule is C=C(CC(/C=C\C)=C/C)Nc1nc(C)c(C#N)c(C)c1C. The maximum absolute atomic E-state index is 9.16. The van der Waals surface area contributed by atoms with Crippen LogP contribution in [0.15, 0.2) is 36.1 Å². The number of nitrogens with zero attached hydrogens (tertiary/aromatic N) is 2. The van der Waals surface area contributed by atoms with Gasteiger partial charge in [0.05, 0.1) is 11.3 Å². The summed E-state index contributed by atoms with van der Waals surface area (Å²) in [4.78, 5) is 4.49. The van der Waals surface area contributed by atoms with Crippen molar-refractivity contribution in [1.82, 2.24) is 4.98 Å². The summed E-state index contributed by atoms with van der Waals surface area (Å²) in [7, 11) is 0. The average molecular weight is 281 g/mol. The molecule has 21 heavy (non-hydrogen) atoms. The molecular formula is C18H23N3. The molecule has 0 saturated heterocycles. The van der Waals surface area contributed by atoms with Gasteiger partial charge in [-0.15, -0.1) is 0 Å². The van der Waals surface area contributed by atoms with E-state index in [1.807, 2.05) is 40.7 Å². The first-order valence-corrected chi connectivity index (χ1v) is 7.05. The first kappa shape index (κ1) is 16.7. The number of aromatic nitrogens is 1. The van der Waals surface area contributed by atoms with Crippen LogP contribution >= 0.6 is 0 Å². The summed E-state index contributed by atoms with van der Waals surface area (Å²) in [5, 5.41) is 12.4. The molecule has 0 spiro atoms. The largest absolute Gasteiger partial charge is 0.344 e. The molecule has 0 aromatic carbocycles. The van der Waals surface area contributed by atoms with Gasteiger partial charge in [-0.25, -0.2) is 4.98 Å². The van der Waals surface area contributed by atoms with E-state index in [4.69, 9.17) is 5.26 Å². The number of nitriles is 1. The smallest absolute Gasteiger partial charge is 0.133 e. The maximum Gasteiger partial charge on any atom is 0.133 e.